The van der Waals surface area contributed by atoms with E-state index in [4.69, 9.17) is 4.74 Å². The summed E-state index contributed by atoms with van der Waals surface area (Å²) in [6.45, 7) is 9.25. The zero-order valence-corrected chi connectivity index (χ0v) is 13.2. The van der Waals surface area contributed by atoms with E-state index in [2.05, 4.69) is 66.3 Å². The number of hydrogen-bond donors (Lipinski definition) is 1. The summed E-state index contributed by atoms with van der Waals surface area (Å²) in [5, 5.41) is 3.44. The van der Waals surface area contributed by atoms with Crippen LogP contribution < -0.4 is 5.32 Å². The summed E-state index contributed by atoms with van der Waals surface area (Å²) >= 11 is 3.46. The molecule has 1 rings (SSSR count). The van der Waals surface area contributed by atoms with E-state index in [0.29, 0.717) is 5.92 Å². The first kappa shape index (κ1) is 15.7. The molecule has 0 amide bonds. The lowest BCUT2D eigenvalue weighted by molar-refractivity contribution is 0.0353. The summed E-state index contributed by atoms with van der Waals surface area (Å²) in [5.74, 6) is 0.564. The third-order valence-electron chi connectivity index (χ3n) is 2.63. The van der Waals surface area contributed by atoms with Gasteiger partial charge in [-0.3, -0.25) is 0 Å². The molecule has 0 aliphatic heterocycles. The molecule has 0 heterocycles. The van der Waals surface area contributed by atoms with Crippen LogP contribution in [0.1, 0.15) is 38.9 Å². The van der Waals surface area contributed by atoms with Gasteiger partial charge < -0.3 is 10.1 Å². The fourth-order valence-corrected chi connectivity index (χ4v) is 1.93. The summed E-state index contributed by atoms with van der Waals surface area (Å²) in [5.41, 5.74) is 1.24. The van der Waals surface area contributed by atoms with Crippen molar-refractivity contribution in [3.05, 3.63) is 34.3 Å². The Bertz CT molecular complexity index is 324. The van der Waals surface area contributed by atoms with Crippen molar-refractivity contribution in [3.63, 3.8) is 0 Å². The Morgan fingerprint density at radius 2 is 1.89 bits per heavy atom. The van der Waals surface area contributed by atoms with Crippen LogP contribution in [0.2, 0.25) is 0 Å². The van der Waals surface area contributed by atoms with Gasteiger partial charge in [-0.25, -0.2) is 0 Å². The van der Waals surface area contributed by atoms with Crippen molar-refractivity contribution in [2.24, 2.45) is 5.92 Å². The highest BCUT2D eigenvalue weighted by Crippen LogP contribution is 2.20. The molecule has 0 fully saturated rings. The number of halogens is 1. The van der Waals surface area contributed by atoms with Crippen LogP contribution in [0.15, 0.2) is 28.7 Å². The molecule has 2 nitrogen and oxygen atoms in total. The van der Waals surface area contributed by atoms with Gasteiger partial charge in [-0.1, -0.05) is 48.8 Å². The quantitative estimate of drug-likeness (QED) is 0.727. The Labute approximate surface area is 119 Å². The van der Waals surface area contributed by atoms with Crippen LogP contribution in [0.3, 0.4) is 0 Å². The molecule has 0 saturated carbocycles. The van der Waals surface area contributed by atoms with Crippen LogP contribution in [-0.2, 0) is 4.74 Å². The largest absolute Gasteiger partial charge is 0.372 e. The van der Waals surface area contributed by atoms with Crippen molar-refractivity contribution in [3.8, 4) is 0 Å². The maximum Gasteiger partial charge on any atom is 0.0949 e. The Hall–Kier alpha value is -0.380. The van der Waals surface area contributed by atoms with E-state index < -0.39 is 0 Å². The standard InChI is InChI=1S/C15H24BrNO/c1-4-9-17-10-15(18-11-12(2)3)13-5-7-14(16)8-6-13/h5-8,12,15,17H,4,9-11H2,1-3H3. The van der Waals surface area contributed by atoms with Crippen molar-refractivity contribution in [1.29, 1.82) is 0 Å². The number of ether oxygens (including phenoxy) is 1. The first-order valence-electron chi connectivity index (χ1n) is 6.71. The van der Waals surface area contributed by atoms with Crippen molar-refractivity contribution in [1.82, 2.24) is 5.32 Å². The van der Waals surface area contributed by atoms with Crippen molar-refractivity contribution >= 4 is 15.9 Å². The average Bonchev–Trinajstić information content (AvgIpc) is 2.34. The Balaban J connectivity index is 2.60. The second kappa shape index (κ2) is 8.68. The SMILES string of the molecule is CCCNCC(OCC(C)C)c1ccc(Br)cc1. The molecule has 3 heteroatoms. The minimum Gasteiger partial charge on any atom is -0.372 e. The molecule has 102 valence electrons. The van der Waals surface area contributed by atoms with Gasteiger partial charge in [0, 0.05) is 17.6 Å². The molecule has 0 spiro atoms. The fraction of sp³-hybridized carbons (Fsp3) is 0.600. The Morgan fingerprint density at radius 1 is 1.22 bits per heavy atom. The van der Waals surface area contributed by atoms with Crippen LogP contribution in [0.25, 0.3) is 0 Å². The van der Waals surface area contributed by atoms with Crippen LogP contribution in [0, 0.1) is 5.92 Å². The molecule has 1 atom stereocenters. The average molecular weight is 314 g/mol. The lowest BCUT2D eigenvalue weighted by Gasteiger charge is -2.20. The lowest BCUT2D eigenvalue weighted by Crippen LogP contribution is -2.25. The zero-order valence-electron chi connectivity index (χ0n) is 11.6. The molecule has 1 aromatic carbocycles. The van der Waals surface area contributed by atoms with Crippen LogP contribution in [-0.4, -0.2) is 19.7 Å². The lowest BCUT2D eigenvalue weighted by atomic mass is 10.1. The number of benzene rings is 1. The highest BCUT2D eigenvalue weighted by Gasteiger charge is 2.12. The van der Waals surface area contributed by atoms with Crippen molar-refractivity contribution in [2.45, 2.75) is 33.3 Å². The Morgan fingerprint density at radius 3 is 2.44 bits per heavy atom. The van der Waals surface area contributed by atoms with E-state index in [9.17, 15) is 0 Å². The molecule has 0 aliphatic carbocycles. The summed E-state index contributed by atoms with van der Waals surface area (Å²) in [4.78, 5) is 0. The van der Waals surface area contributed by atoms with E-state index in [1.807, 2.05) is 0 Å². The van der Waals surface area contributed by atoms with Gasteiger partial charge in [0.25, 0.3) is 0 Å². The van der Waals surface area contributed by atoms with E-state index in [1.54, 1.807) is 0 Å². The van der Waals surface area contributed by atoms with Gasteiger partial charge >= 0.3 is 0 Å². The van der Waals surface area contributed by atoms with E-state index in [-0.39, 0.29) is 6.10 Å². The topological polar surface area (TPSA) is 21.3 Å². The third kappa shape index (κ3) is 5.98. The molecule has 0 aromatic heterocycles. The van der Waals surface area contributed by atoms with Gasteiger partial charge in [-0.15, -0.1) is 0 Å². The first-order chi connectivity index (χ1) is 8.63. The van der Waals surface area contributed by atoms with Gasteiger partial charge in [0.1, 0.15) is 0 Å². The predicted molar refractivity (Wildman–Crippen MR) is 80.8 cm³/mol. The summed E-state index contributed by atoms with van der Waals surface area (Å²) in [6.07, 6.45) is 1.30. The molecule has 1 aromatic rings. The van der Waals surface area contributed by atoms with Crippen molar-refractivity contribution < 1.29 is 4.74 Å². The summed E-state index contributed by atoms with van der Waals surface area (Å²) < 4.78 is 7.11. The van der Waals surface area contributed by atoms with Gasteiger partial charge in [0.2, 0.25) is 0 Å². The molecular formula is C15H24BrNO. The van der Waals surface area contributed by atoms with E-state index >= 15 is 0 Å². The molecule has 0 saturated heterocycles. The molecular weight excluding hydrogens is 290 g/mol. The molecule has 0 radical (unpaired) electrons. The molecule has 1 unspecified atom stereocenters. The monoisotopic (exact) mass is 313 g/mol. The molecule has 1 N–H and O–H groups in total. The number of hydrogen-bond acceptors (Lipinski definition) is 2. The zero-order chi connectivity index (χ0) is 13.4. The van der Waals surface area contributed by atoms with Gasteiger partial charge in [0.05, 0.1) is 6.10 Å². The second-order valence-corrected chi connectivity index (χ2v) is 5.89. The van der Waals surface area contributed by atoms with Crippen LogP contribution in [0.4, 0.5) is 0 Å². The highest BCUT2D eigenvalue weighted by atomic mass is 79.9. The fourth-order valence-electron chi connectivity index (χ4n) is 1.67. The maximum absolute atomic E-state index is 6.00. The summed E-state index contributed by atoms with van der Waals surface area (Å²) in [6, 6.07) is 8.40. The number of nitrogens with one attached hydrogen (secondary N) is 1. The molecule has 0 aliphatic rings. The Kier molecular flexibility index (Phi) is 7.56. The number of rotatable bonds is 8. The van der Waals surface area contributed by atoms with E-state index in [1.165, 1.54) is 5.56 Å². The maximum atomic E-state index is 6.00. The van der Waals surface area contributed by atoms with Crippen LogP contribution in [0.5, 0.6) is 0 Å². The van der Waals surface area contributed by atoms with Gasteiger partial charge in [0.15, 0.2) is 0 Å². The predicted octanol–water partition coefficient (Wildman–Crippen LogP) is 4.16. The molecule has 18 heavy (non-hydrogen) atoms. The first-order valence-corrected chi connectivity index (χ1v) is 7.50. The third-order valence-corrected chi connectivity index (χ3v) is 3.16. The van der Waals surface area contributed by atoms with Gasteiger partial charge in [-0.2, -0.15) is 0 Å². The van der Waals surface area contributed by atoms with Gasteiger partial charge in [-0.05, 0) is 36.6 Å². The van der Waals surface area contributed by atoms with E-state index in [0.717, 1.165) is 30.6 Å². The van der Waals surface area contributed by atoms with Crippen LogP contribution >= 0.6 is 15.9 Å². The van der Waals surface area contributed by atoms with Crippen molar-refractivity contribution in [2.75, 3.05) is 19.7 Å². The molecule has 0 bridgehead atoms. The second-order valence-electron chi connectivity index (χ2n) is 4.97. The minimum absolute atomic E-state index is 0.145. The normalized spacial score (nSPS) is 12.9. The summed E-state index contributed by atoms with van der Waals surface area (Å²) in [7, 11) is 0. The highest BCUT2D eigenvalue weighted by molar-refractivity contribution is 9.10. The minimum atomic E-state index is 0.145. The smallest absolute Gasteiger partial charge is 0.0949 e.